The van der Waals surface area contributed by atoms with Crippen molar-refractivity contribution < 1.29 is 38.5 Å². The average molecular weight is 742 g/mol. The first-order chi connectivity index (χ1) is 23.5. The van der Waals surface area contributed by atoms with Crippen LogP contribution in [0.2, 0.25) is 0 Å². The summed E-state index contributed by atoms with van der Waals surface area (Å²) in [6.45, 7) is 3.90. The highest BCUT2D eigenvalue weighted by Gasteiger charge is 2.61. The number of benzene rings is 1. The molecule has 264 valence electrons. The van der Waals surface area contributed by atoms with Crippen molar-refractivity contribution in [3.63, 3.8) is 0 Å². The number of aliphatic carboxylic acids is 1. The van der Waals surface area contributed by atoms with E-state index >= 15 is 0 Å². The number of alkyl carbamates (subject to hydrolysis) is 1. The maximum absolute atomic E-state index is 14.1. The lowest BCUT2D eigenvalue weighted by atomic mass is 10.0. The second-order valence-electron chi connectivity index (χ2n) is 13.9. The molecule has 1 saturated heterocycles. The molecule has 13 heteroatoms. The number of hydrogen-bond donors (Lipinski definition) is 3. The van der Waals surface area contributed by atoms with Gasteiger partial charge in [-0.3, -0.25) is 9.59 Å². The molecule has 1 aromatic carbocycles. The molecule has 3 amide bonds. The van der Waals surface area contributed by atoms with Gasteiger partial charge in [-0.05, 0) is 93.3 Å². The van der Waals surface area contributed by atoms with Crippen molar-refractivity contribution in [2.24, 2.45) is 5.92 Å². The van der Waals surface area contributed by atoms with E-state index in [4.69, 9.17) is 14.2 Å². The van der Waals surface area contributed by atoms with E-state index < -0.39 is 41.7 Å². The van der Waals surface area contributed by atoms with Gasteiger partial charge in [0.1, 0.15) is 29.5 Å². The van der Waals surface area contributed by atoms with Crippen LogP contribution < -0.4 is 20.1 Å². The van der Waals surface area contributed by atoms with Gasteiger partial charge in [-0.25, -0.2) is 14.6 Å². The second-order valence-corrected chi connectivity index (χ2v) is 14.8. The molecule has 12 nitrogen and oxygen atoms in total. The Morgan fingerprint density at radius 3 is 2.65 bits per heavy atom. The van der Waals surface area contributed by atoms with Gasteiger partial charge in [-0.2, -0.15) is 0 Å². The second kappa shape index (κ2) is 14.9. The molecule has 0 spiro atoms. The van der Waals surface area contributed by atoms with E-state index in [1.54, 1.807) is 6.07 Å². The first kappa shape index (κ1) is 35.0. The van der Waals surface area contributed by atoms with E-state index in [1.807, 2.05) is 44.2 Å². The van der Waals surface area contributed by atoms with Crippen molar-refractivity contribution in [2.75, 3.05) is 6.54 Å². The number of ether oxygens (including phenoxy) is 3. The van der Waals surface area contributed by atoms with Gasteiger partial charge in [0.25, 0.3) is 0 Å². The Labute approximate surface area is 294 Å². The molecule has 2 aliphatic heterocycles. The molecule has 1 aromatic heterocycles. The highest BCUT2D eigenvalue weighted by molar-refractivity contribution is 9.10. The topological polar surface area (TPSA) is 156 Å². The Morgan fingerprint density at radius 1 is 1.12 bits per heavy atom. The van der Waals surface area contributed by atoms with E-state index in [1.165, 1.54) is 4.90 Å². The van der Waals surface area contributed by atoms with Crippen molar-refractivity contribution >= 4 is 50.7 Å². The SMILES string of the molecule is CC(C)Oc1cc(O[C@@H]2C[C@H]3C(=O)N[C@]4(C(=O)O)C[C@H]4/C=C\CCCC[C@H](NC(=O)OC4CCCC4)CC(=O)N3C2)c2cccc(Br)c2n1. The summed E-state index contributed by atoms with van der Waals surface area (Å²) in [6.07, 6.45) is 9.43. The summed E-state index contributed by atoms with van der Waals surface area (Å²) < 4.78 is 18.9. The fourth-order valence-corrected chi connectivity index (χ4v) is 7.69. The van der Waals surface area contributed by atoms with Crippen LogP contribution >= 0.6 is 15.9 Å². The third-order valence-corrected chi connectivity index (χ3v) is 10.5. The Kier molecular flexibility index (Phi) is 10.7. The molecule has 2 aliphatic carbocycles. The number of allylic oxidation sites excluding steroid dienone is 1. The number of rotatable bonds is 7. The van der Waals surface area contributed by atoms with Gasteiger partial charge in [-0.15, -0.1) is 0 Å². The summed E-state index contributed by atoms with van der Waals surface area (Å²) in [4.78, 5) is 59.4. The van der Waals surface area contributed by atoms with Gasteiger partial charge < -0.3 is 34.9 Å². The van der Waals surface area contributed by atoms with Crippen molar-refractivity contribution in [3.05, 3.63) is 40.9 Å². The molecule has 49 heavy (non-hydrogen) atoms. The molecule has 2 aromatic rings. The van der Waals surface area contributed by atoms with Gasteiger partial charge in [0.05, 0.1) is 18.2 Å². The number of aromatic nitrogens is 1. The van der Waals surface area contributed by atoms with Crippen LogP contribution in [0, 0.1) is 5.92 Å². The monoisotopic (exact) mass is 740 g/mol. The van der Waals surface area contributed by atoms with Crippen molar-refractivity contribution in [1.82, 2.24) is 20.5 Å². The maximum atomic E-state index is 14.1. The van der Waals surface area contributed by atoms with E-state index in [0.29, 0.717) is 23.6 Å². The van der Waals surface area contributed by atoms with E-state index in [9.17, 15) is 24.3 Å². The lowest BCUT2D eigenvalue weighted by molar-refractivity contribution is -0.145. The molecule has 5 atom stereocenters. The van der Waals surface area contributed by atoms with Crippen molar-refractivity contribution in [3.8, 4) is 11.6 Å². The Bertz CT molecular complexity index is 1610. The third-order valence-electron chi connectivity index (χ3n) is 9.87. The number of carbonyl (C=O) groups excluding carboxylic acids is 3. The summed E-state index contributed by atoms with van der Waals surface area (Å²) in [5, 5.41) is 16.6. The van der Waals surface area contributed by atoms with Crippen LogP contribution in [0.5, 0.6) is 11.6 Å². The summed E-state index contributed by atoms with van der Waals surface area (Å²) in [7, 11) is 0. The van der Waals surface area contributed by atoms with E-state index in [0.717, 1.165) is 54.8 Å². The first-order valence-electron chi connectivity index (χ1n) is 17.4. The van der Waals surface area contributed by atoms with Crippen LogP contribution in [-0.2, 0) is 19.1 Å². The predicted molar refractivity (Wildman–Crippen MR) is 184 cm³/mol. The maximum Gasteiger partial charge on any atom is 0.407 e. The molecule has 0 radical (unpaired) electrons. The average Bonchev–Trinajstić information content (AvgIpc) is 3.33. The third kappa shape index (κ3) is 8.13. The molecule has 4 aliphatic rings. The lowest BCUT2D eigenvalue weighted by Crippen LogP contribution is -2.53. The summed E-state index contributed by atoms with van der Waals surface area (Å²) in [6, 6.07) is 5.88. The zero-order valence-electron chi connectivity index (χ0n) is 28.0. The molecular weight excluding hydrogens is 696 g/mol. The number of carbonyl (C=O) groups is 4. The Balaban J connectivity index is 1.27. The minimum absolute atomic E-state index is 0.0314. The number of para-hydroxylation sites is 1. The highest BCUT2D eigenvalue weighted by Crippen LogP contribution is 2.45. The number of carboxylic acid groups (broad SMARTS) is 1. The molecule has 2 saturated carbocycles. The molecule has 0 unspecified atom stereocenters. The molecule has 6 rings (SSSR count). The van der Waals surface area contributed by atoms with Crippen molar-refractivity contribution in [2.45, 2.75) is 120 Å². The van der Waals surface area contributed by atoms with E-state index in [-0.39, 0.29) is 49.8 Å². The van der Waals surface area contributed by atoms with Gasteiger partial charge in [0, 0.05) is 40.7 Å². The number of halogens is 1. The predicted octanol–water partition coefficient (Wildman–Crippen LogP) is 5.65. The standard InChI is InChI=1S/C36H45BrN4O8/c1-21(2)47-30-18-29(26-14-9-15-27(37)32(26)39-30)48-25-17-28-33(43)40-36(34(44)45)19-22(36)10-5-3-4-6-11-23(16-31(42)41(28)20-25)38-35(46)49-24-12-7-8-13-24/h5,9-10,14-15,18,21-25,28H,3-4,6-8,11-13,16-17,19-20H2,1-2H3,(H,38,46)(H,40,43)(H,44,45)/b10-5-/t22-,23+,25-,28+,36-/m1/s1. The van der Waals surface area contributed by atoms with Crippen LogP contribution in [0.4, 0.5) is 4.79 Å². The number of amides is 3. The number of nitrogens with zero attached hydrogens (tertiary/aromatic N) is 2. The zero-order chi connectivity index (χ0) is 34.7. The molecule has 0 bridgehead atoms. The minimum Gasteiger partial charge on any atom is -0.488 e. The minimum atomic E-state index is -1.41. The normalized spacial score (nSPS) is 28.5. The number of pyridine rings is 1. The quantitative estimate of drug-likeness (QED) is 0.305. The summed E-state index contributed by atoms with van der Waals surface area (Å²) in [5.74, 6) is -1.43. The number of hydrogen-bond acceptors (Lipinski definition) is 8. The van der Waals surface area contributed by atoms with Gasteiger partial charge in [0.2, 0.25) is 17.7 Å². The largest absolute Gasteiger partial charge is 0.488 e. The van der Waals surface area contributed by atoms with Crippen LogP contribution in [0.3, 0.4) is 0 Å². The van der Waals surface area contributed by atoms with E-state index in [2.05, 4.69) is 31.5 Å². The molecule has 3 fully saturated rings. The number of fused-ring (bicyclic) bond motifs is 3. The van der Waals surface area contributed by atoms with Crippen LogP contribution in [0.15, 0.2) is 40.9 Å². The lowest BCUT2D eigenvalue weighted by Gasteiger charge is -2.27. The zero-order valence-corrected chi connectivity index (χ0v) is 29.6. The van der Waals surface area contributed by atoms with Crippen LogP contribution in [-0.4, -0.2) is 81.3 Å². The Morgan fingerprint density at radius 2 is 1.90 bits per heavy atom. The Hall–Kier alpha value is -3.87. The van der Waals surface area contributed by atoms with Crippen LogP contribution in [0.1, 0.15) is 84.5 Å². The molecular formula is C36H45BrN4O8. The first-order valence-corrected chi connectivity index (χ1v) is 18.2. The highest BCUT2D eigenvalue weighted by atomic mass is 79.9. The fraction of sp³-hybridized carbons (Fsp3) is 0.583. The van der Waals surface area contributed by atoms with Crippen LogP contribution in [0.25, 0.3) is 10.9 Å². The van der Waals surface area contributed by atoms with Gasteiger partial charge in [-0.1, -0.05) is 24.6 Å². The van der Waals surface area contributed by atoms with Gasteiger partial charge >= 0.3 is 12.1 Å². The summed E-state index contributed by atoms with van der Waals surface area (Å²) >= 11 is 3.57. The smallest absolute Gasteiger partial charge is 0.407 e. The molecule has 3 heterocycles. The summed E-state index contributed by atoms with van der Waals surface area (Å²) in [5.41, 5.74) is -0.765. The van der Waals surface area contributed by atoms with Gasteiger partial charge in [0.15, 0.2) is 0 Å². The molecule has 3 N–H and O–H groups in total. The van der Waals surface area contributed by atoms with Crippen molar-refractivity contribution in [1.29, 1.82) is 0 Å². The fourth-order valence-electron chi connectivity index (χ4n) is 7.24. The number of nitrogens with one attached hydrogen (secondary N) is 2. The number of carboxylic acids is 1.